The number of nitrogens with zero attached hydrogens (tertiary/aromatic N) is 2. The normalized spacial score (nSPS) is 18.7. The molecular formula is C34H29F3N4. The van der Waals surface area contributed by atoms with Crippen molar-refractivity contribution >= 4 is 28.7 Å². The molecule has 206 valence electrons. The first-order valence-corrected chi connectivity index (χ1v) is 13.6. The van der Waals surface area contributed by atoms with Gasteiger partial charge in [-0.15, -0.1) is 5.11 Å². The summed E-state index contributed by atoms with van der Waals surface area (Å²) < 4.78 is 39.5. The summed E-state index contributed by atoms with van der Waals surface area (Å²) in [5.41, 5.74) is 16.4. The van der Waals surface area contributed by atoms with Crippen LogP contribution in [0.15, 0.2) is 124 Å². The Hall–Kier alpha value is -4.65. The first-order chi connectivity index (χ1) is 19.8. The van der Waals surface area contributed by atoms with Gasteiger partial charge in [-0.2, -0.15) is 18.3 Å². The number of nitrogens with two attached hydrogens (primary N) is 1. The Morgan fingerprint density at radius 1 is 0.829 bits per heavy atom. The van der Waals surface area contributed by atoms with E-state index in [9.17, 15) is 13.2 Å². The second-order valence-electron chi connectivity index (χ2n) is 10.4. The molecule has 0 saturated carbocycles. The minimum Gasteiger partial charge on any atom is -0.397 e. The summed E-state index contributed by atoms with van der Waals surface area (Å²) >= 11 is 0. The van der Waals surface area contributed by atoms with E-state index in [1.54, 1.807) is 12.2 Å². The largest absolute Gasteiger partial charge is 0.397 e. The van der Waals surface area contributed by atoms with Crippen LogP contribution in [-0.2, 0) is 0 Å². The van der Waals surface area contributed by atoms with Crippen molar-refractivity contribution in [3.63, 3.8) is 0 Å². The second kappa shape index (κ2) is 11.1. The van der Waals surface area contributed by atoms with Crippen LogP contribution in [0.25, 0.3) is 22.8 Å². The molecule has 41 heavy (non-hydrogen) atoms. The van der Waals surface area contributed by atoms with Gasteiger partial charge >= 0.3 is 6.18 Å². The van der Waals surface area contributed by atoms with Gasteiger partial charge < -0.3 is 11.1 Å². The van der Waals surface area contributed by atoms with E-state index in [-0.39, 0.29) is 6.42 Å². The van der Waals surface area contributed by atoms with Crippen LogP contribution in [0.1, 0.15) is 30.4 Å². The molecule has 0 saturated heterocycles. The number of hydrogen-bond acceptors (Lipinski definition) is 4. The quantitative estimate of drug-likeness (QED) is 0.245. The van der Waals surface area contributed by atoms with Crippen molar-refractivity contribution < 1.29 is 13.2 Å². The molecular weight excluding hydrogens is 521 g/mol. The van der Waals surface area contributed by atoms with E-state index in [2.05, 4.69) is 39.8 Å². The van der Waals surface area contributed by atoms with E-state index in [0.717, 1.165) is 47.5 Å². The number of nitrogen functional groups attached to an aromatic ring is 1. The molecule has 1 atom stereocenters. The number of fused-ring (bicyclic) bond motifs is 1. The zero-order chi connectivity index (χ0) is 28.4. The molecule has 0 fully saturated rings. The number of azo groups is 1. The third-order valence-electron chi connectivity index (χ3n) is 7.65. The minimum atomic E-state index is -4.24. The van der Waals surface area contributed by atoms with Crippen molar-refractivity contribution in [3.8, 4) is 11.1 Å². The smallest absolute Gasteiger partial charge is 0.395 e. The van der Waals surface area contributed by atoms with Gasteiger partial charge in [0.05, 0.1) is 17.3 Å². The van der Waals surface area contributed by atoms with Gasteiger partial charge in [-0.3, -0.25) is 0 Å². The fourth-order valence-corrected chi connectivity index (χ4v) is 5.30. The number of rotatable bonds is 5. The molecule has 3 aromatic rings. The first-order valence-electron chi connectivity index (χ1n) is 13.6. The molecule has 2 aliphatic carbocycles. The van der Waals surface area contributed by atoms with Gasteiger partial charge in [0, 0.05) is 12.2 Å². The summed E-state index contributed by atoms with van der Waals surface area (Å²) in [6, 6.07) is 21.4. The van der Waals surface area contributed by atoms with Crippen molar-refractivity contribution in [2.75, 3.05) is 17.6 Å². The van der Waals surface area contributed by atoms with Crippen LogP contribution in [0.3, 0.4) is 0 Å². The van der Waals surface area contributed by atoms with Gasteiger partial charge in [0.2, 0.25) is 0 Å². The molecule has 6 rings (SSSR count). The van der Waals surface area contributed by atoms with Gasteiger partial charge in [0.15, 0.2) is 0 Å². The lowest BCUT2D eigenvalue weighted by molar-refractivity contribution is -0.160. The van der Waals surface area contributed by atoms with Crippen LogP contribution < -0.4 is 11.1 Å². The molecule has 0 radical (unpaired) electrons. The highest BCUT2D eigenvalue weighted by molar-refractivity contribution is 5.79. The number of anilines is 2. The second-order valence-corrected chi connectivity index (χ2v) is 10.4. The Bertz CT molecular complexity index is 1650. The summed E-state index contributed by atoms with van der Waals surface area (Å²) in [5.74, 6) is -1.45. The summed E-state index contributed by atoms with van der Waals surface area (Å²) in [6.07, 6.45) is 8.46. The van der Waals surface area contributed by atoms with Crippen LogP contribution in [-0.4, -0.2) is 12.7 Å². The SMILES string of the molecule is Nc1cc(-c2ccc(C3=CC(C(F)(F)F)CC=C3)cc2)ccc1N=NC1=CC=C(C2=Cc3ccccc3NC2)CC1. The van der Waals surface area contributed by atoms with Crippen LogP contribution in [0.2, 0.25) is 0 Å². The minimum absolute atomic E-state index is 0.0193. The lowest BCUT2D eigenvalue weighted by Crippen LogP contribution is -2.21. The van der Waals surface area contributed by atoms with Gasteiger partial charge in [0.1, 0.15) is 5.69 Å². The zero-order valence-corrected chi connectivity index (χ0v) is 22.3. The monoisotopic (exact) mass is 550 g/mol. The number of halogens is 3. The van der Waals surface area contributed by atoms with Crippen LogP contribution in [0, 0.1) is 5.92 Å². The summed E-state index contributed by atoms with van der Waals surface area (Å²) in [5, 5.41) is 12.3. The number of hydrogen-bond donors (Lipinski definition) is 2. The van der Waals surface area contributed by atoms with E-state index in [1.165, 1.54) is 22.8 Å². The van der Waals surface area contributed by atoms with Gasteiger partial charge in [-0.25, -0.2) is 0 Å². The third-order valence-corrected chi connectivity index (χ3v) is 7.65. The number of para-hydroxylation sites is 1. The molecule has 0 amide bonds. The van der Waals surface area contributed by atoms with Crippen molar-refractivity contribution in [3.05, 3.63) is 125 Å². The van der Waals surface area contributed by atoms with E-state index < -0.39 is 12.1 Å². The molecule has 1 heterocycles. The standard InChI is InChI=1S/C34H29F3N4/c35-34(36,37)29-6-3-5-25(19-29)22-8-10-23(11-9-22)26-14-17-33(31(38)20-26)41-40-30-15-12-24(13-16-30)28-18-27-4-1-2-7-32(27)39-21-28/h1-5,7-12,14-15,17-20,29,39H,6,13,16,21,38H2. The van der Waals surface area contributed by atoms with Crippen LogP contribution in [0.5, 0.6) is 0 Å². The number of allylic oxidation sites excluding steroid dienone is 7. The number of alkyl halides is 3. The Kier molecular flexibility index (Phi) is 7.18. The molecule has 1 unspecified atom stereocenters. The number of nitrogens with one attached hydrogen (secondary N) is 1. The highest BCUT2D eigenvalue weighted by atomic mass is 19.4. The van der Waals surface area contributed by atoms with Crippen LogP contribution >= 0.6 is 0 Å². The summed E-state index contributed by atoms with van der Waals surface area (Å²) in [4.78, 5) is 0. The molecule has 0 spiro atoms. The summed E-state index contributed by atoms with van der Waals surface area (Å²) in [6.45, 7) is 0.812. The molecule has 3 N–H and O–H groups in total. The Balaban J connectivity index is 1.13. The maximum atomic E-state index is 13.2. The third kappa shape index (κ3) is 5.94. The highest BCUT2D eigenvalue weighted by Crippen LogP contribution is 2.37. The van der Waals surface area contributed by atoms with Gasteiger partial charge in [0.25, 0.3) is 0 Å². The van der Waals surface area contributed by atoms with Crippen molar-refractivity contribution in [2.24, 2.45) is 16.1 Å². The molecule has 3 aliphatic rings. The van der Waals surface area contributed by atoms with Crippen molar-refractivity contribution in [1.29, 1.82) is 0 Å². The number of benzene rings is 3. The predicted molar refractivity (Wildman–Crippen MR) is 160 cm³/mol. The first kappa shape index (κ1) is 26.6. The van der Waals surface area contributed by atoms with Crippen molar-refractivity contribution in [1.82, 2.24) is 0 Å². The fourth-order valence-electron chi connectivity index (χ4n) is 5.30. The van der Waals surface area contributed by atoms with E-state index in [1.807, 2.05) is 60.7 Å². The molecule has 3 aromatic carbocycles. The maximum absolute atomic E-state index is 13.2. The van der Waals surface area contributed by atoms with Crippen LogP contribution in [0.4, 0.5) is 30.2 Å². The average Bonchev–Trinajstić information content (AvgIpc) is 3.00. The molecule has 7 heteroatoms. The topological polar surface area (TPSA) is 62.8 Å². The Labute approximate surface area is 237 Å². The average molecular weight is 551 g/mol. The lowest BCUT2D eigenvalue weighted by Gasteiger charge is -2.22. The molecule has 4 nitrogen and oxygen atoms in total. The van der Waals surface area contributed by atoms with E-state index >= 15 is 0 Å². The Morgan fingerprint density at radius 3 is 2.37 bits per heavy atom. The molecule has 0 aromatic heterocycles. The van der Waals surface area contributed by atoms with Crippen molar-refractivity contribution in [2.45, 2.75) is 25.4 Å². The Morgan fingerprint density at radius 2 is 1.61 bits per heavy atom. The van der Waals surface area contributed by atoms with Gasteiger partial charge in [-0.05, 0) is 88.6 Å². The van der Waals surface area contributed by atoms with E-state index in [0.29, 0.717) is 16.9 Å². The van der Waals surface area contributed by atoms with Gasteiger partial charge in [-0.1, -0.05) is 72.8 Å². The lowest BCUT2D eigenvalue weighted by atomic mass is 9.91. The fraction of sp³-hybridized carbons (Fsp3) is 0.176. The molecule has 1 aliphatic heterocycles. The predicted octanol–water partition coefficient (Wildman–Crippen LogP) is 9.65. The van der Waals surface area contributed by atoms with E-state index in [4.69, 9.17) is 5.73 Å². The maximum Gasteiger partial charge on any atom is 0.395 e. The summed E-state index contributed by atoms with van der Waals surface area (Å²) in [7, 11) is 0. The zero-order valence-electron chi connectivity index (χ0n) is 22.3. The highest BCUT2D eigenvalue weighted by Gasteiger charge is 2.38. The molecule has 0 bridgehead atoms.